The first-order valence-electron chi connectivity index (χ1n) is 5.81. The zero-order chi connectivity index (χ0) is 12.1. The van der Waals surface area contributed by atoms with E-state index in [1.807, 2.05) is 6.92 Å². The van der Waals surface area contributed by atoms with E-state index in [-0.39, 0.29) is 23.9 Å². The summed E-state index contributed by atoms with van der Waals surface area (Å²) in [5.74, 6) is 0.137. The van der Waals surface area contributed by atoms with E-state index in [4.69, 9.17) is 5.73 Å². The van der Waals surface area contributed by atoms with Crippen LogP contribution in [0.15, 0.2) is 0 Å². The molecule has 5 heteroatoms. The third kappa shape index (κ3) is 3.81. The standard InChI is InChI=1S/C11H21N3O2/c1-3-8(12)6-10(15)13-9-4-5-11(16)14(2)7-9/h8-9H,3-7,12H2,1-2H3,(H,13,15). The van der Waals surface area contributed by atoms with Crippen molar-refractivity contribution in [2.75, 3.05) is 13.6 Å². The lowest BCUT2D eigenvalue weighted by atomic mass is 10.0. The third-order valence-corrected chi connectivity index (χ3v) is 2.96. The Labute approximate surface area is 96.4 Å². The fourth-order valence-corrected chi connectivity index (χ4v) is 1.80. The number of hydrogen-bond acceptors (Lipinski definition) is 3. The zero-order valence-corrected chi connectivity index (χ0v) is 10.0. The summed E-state index contributed by atoms with van der Waals surface area (Å²) in [6, 6.07) is 0.0159. The summed E-state index contributed by atoms with van der Waals surface area (Å²) in [6.45, 7) is 2.57. The lowest BCUT2D eigenvalue weighted by Gasteiger charge is -2.30. The van der Waals surface area contributed by atoms with Crippen molar-refractivity contribution in [3.05, 3.63) is 0 Å². The highest BCUT2D eigenvalue weighted by molar-refractivity contribution is 5.79. The van der Waals surface area contributed by atoms with Gasteiger partial charge in [0.25, 0.3) is 0 Å². The summed E-state index contributed by atoms with van der Waals surface area (Å²) < 4.78 is 0. The van der Waals surface area contributed by atoms with Crippen LogP contribution in [-0.2, 0) is 9.59 Å². The lowest BCUT2D eigenvalue weighted by Crippen LogP contribution is -2.49. The van der Waals surface area contributed by atoms with Crippen LogP contribution in [0.3, 0.4) is 0 Å². The SMILES string of the molecule is CCC(N)CC(=O)NC1CCC(=O)N(C)C1. The van der Waals surface area contributed by atoms with Gasteiger partial charge in [0.05, 0.1) is 0 Å². The Balaban J connectivity index is 2.32. The Morgan fingerprint density at radius 2 is 2.38 bits per heavy atom. The Hall–Kier alpha value is -1.10. The molecule has 92 valence electrons. The molecular weight excluding hydrogens is 206 g/mol. The van der Waals surface area contributed by atoms with Crippen molar-refractivity contribution in [1.29, 1.82) is 0 Å². The van der Waals surface area contributed by atoms with Gasteiger partial charge in [-0.3, -0.25) is 9.59 Å². The van der Waals surface area contributed by atoms with Crippen molar-refractivity contribution in [2.24, 2.45) is 5.73 Å². The van der Waals surface area contributed by atoms with Gasteiger partial charge in [0, 0.05) is 38.5 Å². The van der Waals surface area contributed by atoms with Gasteiger partial charge in [0.15, 0.2) is 0 Å². The number of rotatable bonds is 4. The topological polar surface area (TPSA) is 75.4 Å². The van der Waals surface area contributed by atoms with Crippen LogP contribution in [0.5, 0.6) is 0 Å². The Morgan fingerprint density at radius 3 is 2.94 bits per heavy atom. The highest BCUT2D eigenvalue weighted by Gasteiger charge is 2.24. The van der Waals surface area contributed by atoms with Crippen molar-refractivity contribution in [3.63, 3.8) is 0 Å². The molecule has 0 aliphatic carbocycles. The van der Waals surface area contributed by atoms with Crippen LogP contribution in [-0.4, -0.2) is 42.4 Å². The summed E-state index contributed by atoms with van der Waals surface area (Å²) in [5.41, 5.74) is 5.70. The molecule has 2 atom stereocenters. The zero-order valence-electron chi connectivity index (χ0n) is 10.0. The molecule has 2 unspecified atom stereocenters. The Kier molecular flexibility index (Phi) is 4.73. The van der Waals surface area contributed by atoms with E-state index < -0.39 is 0 Å². The van der Waals surface area contributed by atoms with Crippen molar-refractivity contribution < 1.29 is 9.59 Å². The smallest absolute Gasteiger partial charge is 0.222 e. The second-order valence-corrected chi connectivity index (χ2v) is 4.45. The van der Waals surface area contributed by atoms with E-state index in [9.17, 15) is 9.59 Å². The molecule has 1 aliphatic rings. The van der Waals surface area contributed by atoms with Crippen LogP contribution in [0.2, 0.25) is 0 Å². The number of hydrogen-bond donors (Lipinski definition) is 2. The quantitative estimate of drug-likeness (QED) is 0.701. The maximum absolute atomic E-state index is 11.6. The molecule has 1 heterocycles. The number of amides is 2. The average molecular weight is 227 g/mol. The predicted octanol–water partition coefficient (Wildman–Crippen LogP) is -0.149. The number of nitrogens with one attached hydrogen (secondary N) is 1. The number of carbonyl (C=O) groups excluding carboxylic acids is 2. The molecule has 2 amide bonds. The molecule has 1 rings (SSSR count). The largest absolute Gasteiger partial charge is 0.352 e. The van der Waals surface area contributed by atoms with Gasteiger partial charge in [0.1, 0.15) is 0 Å². The molecule has 5 nitrogen and oxygen atoms in total. The molecule has 1 aliphatic heterocycles. The van der Waals surface area contributed by atoms with E-state index >= 15 is 0 Å². The van der Waals surface area contributed by atoms with E-state index in [0.29, 0.717) is 19.4 Å². The monoisotopic (exact) mass is 227 g/mol. The highest BCUT2D eigenvalue weighted by atomic mass is 16.2. The molecule has 0 aromatic carbocycles. The van der Waals surface area contributed by atoms with Gasteiger partial charge in [-0.05, 0) is 12.8 Å². The summed E-state index contributed by atoms with van der Waals surface area (Å²) >= 11 is 0. The molecule has 1 saturated heterocycles. The predicted molar refractivity (Wildman–Crippen MR) is 61.7 cm³/mol. The van der Waals surface area contributed by atoms with Gasteiger partial charge < -0.3 is 16.0 Å². The van der Waals surface area contributed by atoms with Crippen LogP contribution in [0.4, 0.5) is 0 Å². The maximum atomic E-state index is 11.6. The van der Waals surface area contributed by atoms with Gasteiger partial charge in [-0.1, -0.05) is 6.92 Å². The van der Waals surface area contributed by atoms with Crippen LogP contribution < -0.4 is 11.1 Å². The van der Waals surface area contributed by atoms with Crippen molar-refractivity contribution in [3.8, 4) is 0 Å². The fraction of sp³-hybridized carbons (Fsp3) is 0.818. The first-order valence-corrected chi connectivity index (χ1v) is 5.81. The maximum Gasteiger partial charge on any atom is 0.222 e. The molecule has 0 spiro atoms. The third-order valence-electron chi connectivity index (χ3n) is 2.96. The van der Waals surface area contributed by atoms with Crippen LogP contribution in [0, 0.1) is 0 Å². The van der Waals surface area contributed by atoms with E-state index in [2.05, 4.69) is 5.32 Å². The van der Waals surface area contributed by atoms with Crippen molar-refractivity contribution >= 4 is 11.8 Å². The number of likely N-dealkylation sites (tertiary alicyclic amines) is 1. The average Bonchev–Trinajstić information content (AvgIpc) is 2.23. The molecule has 1 fully saturated rings. The molecule has 0 aromatic heterocycles. The molecule has 0 saturated carbocycles. The van der Waals surface area contributed by atoms with Crippen LogP contribution in [0.25, 0.3) is 0 Å². The fourth-order valence-electron chi connectivity index (χ4n) is 1.80. The Bertz CT molecular complexity index is 268. The summed E-state index contributed by atoms with van der Waals surface area (Å²) in [5, 5.41) is 2.92. The number of piperidine rings is 1. The molecular formula is C11H21N3O2. The van der Waals surface area contributed by atoms with Crippen molar-refractivity contribution in [2.45, 2.75) is 44.7 Å². The minimum Gasteiger partial charge on any atom is -0.352 e. The van der Waals surface area contributed by atoms with E-state index in [1.165, 1.54) is 0 Å². The molecule has 0 aromatic rings. The van der Waals surface area contributed by atoms with Gasteiger partial charge in [-0.15, -0.1) is 0 Å². The molecule has 3 N–H and O–H groups in total. The molecule has 0 radical (unpaired) electrons. The van der Waals surface area contributed by atoms with Crippen LogP contribution >= 0.6 is 0 Å². The number of nitrogens with zero attached hydrogens (tertiary/aromatic N) is 1. The minimum absolute atomic E-state index is 0.0119. The minimum atomic E-state index is -0.0667. The lowest BCUT2D eigenvalue weighted by molar-refractivity contribution is -0.134. The second-order valence-electron chi connectivity index (χ2n) is 4.45. The first kappa shape index (κ1) is 13.0. The second kappa shape index (κ2) is 5.84. The summed E-state index contributed by atoms with van der Waals surface area (Å²) in [4.78, 5) is 24.5. The normalized spacial score (nSPS) is 23.1. The van der Waals surface area contributed by atoms with E-state index in [0.717, 1.165) is 12.8 Å². The molecule has 0 bridgehead atoms. The Morgan fingerprint density at radius 1 is 1.69 bits per heavy atom. The van der Waals surface area contributed by atoms with Gasteiger partial charge >= 0.3 is 0 Å². The van der Waals surface area contributed by atoms with Crippen LogP contribution in [0.1, 0.15) is 32.6 Å². The van der Waals surface area contributed by atoms with E-state index in [1.54, 1.807) is 11.9 Å². The van der Waals surface area contributed by atoms with Gasteiger partial charge in [0.2, 0.25) is 11.8 Å². The number of likely N-dealkylation sites (N-methyl/N-ethyl adjacent to an activating group) is 1. The highest BCUT2D eigenvalue weighted by Crippen LogP contribution is 2.09. The number of nitrogens with two attached hydrogens (primary N) is 1. The van der Waals surface area contributed by atoms with Gasteiger partial charge in [-0.2, -0.15) is 0 Å². The first-order chi connectivity index (χ1) is 7.52. The number of carbonyl (C=O) groups is 2. The summed E-state index contributed by atoms with van der Waals surface area (Å²) in [7, 11) is 1.76. The summed E-state index contributed by atoms with van der Waals surface area (Å²) in [6.07, 6.45) is 2.42. The van der Waals surface area contributed by atoms with Gasteiger partial charge in [-0.25, -0.2) is 0 Å². The molecule has 16 heavy (non-hydrogen) atoms. The van der Waals surface area contributed by atoms with Crippen molar-refractivity contribution in [1.82, 2.24) is 10.2 Å².